The highest BCUT2D eigenvalue weighted by Crippen LogP contribution is 2.36. The van der Waals surface area contributed by atoms with E-state index in [0.29, 0.717) is 4.47 Å². The molecule has 2 aromatic rings. The van der Waals surface area contributed by atoms with Crippen LogP contribution in [-0.2, 0) is 15.0 Å². The highest BCUT2D eigenvalue weighted by molar-refractivity contribution is 9.10. The van der Waals surface area contributed by atoms with Gasteiger partial charge in [0.05, 0.1) is 6.61 Å². The van der Waals surface area contributed by atoms with Crippen LogP contribution in [0.25, 0.3) is 0 Å². The van der Waals surface area contributed by atoms with Gasteiger partial charge >= 0.3 is 6.09 Å². The number of rotatable bonds is 4. The zero-order chi connectivity index (χ0) is 24.2. The molecule has 1 aliphatic rings. The molecule has 0 fully saturated rings. The summed E-state index contributed by atoms with van der Waals surface area (Å²) in [7, 11) is 0. The Morgan fingerprint density at radius 1 is 1.21 bits per heavy atom. The molecule has 0 saturated carbocycles. The van der Waals surface area contributed by atoms with Crippen LogP contribution in [0.2, 0.25) is 0 Å². The van der Waals surface area contributed by atoms with Crippen LogP contribution >= 0.6 is 15.9 Å². The molecule has 2 N–H and O–H groups in total. The smallest absolute Gasteiger partial charge is 0.413 e. The van der Waals surface area contributed by atoms with Crippen molar-refractivity contribution in [2.75, 3.05) is 18.5 Å². The van der Waals surface area contributed by atoms with Crippen molar-refractivity contribution in [3.05, 3.63) is 58.3 Å². The Hall–Kier alpha value is -2.92. The molecule has 2 heterocycles. The Balaban J connectivity index is 1.86. The van der Waals surface area contributed by atoms with Crippen LogP contribution in [0, 0.1) is 0 Å². The minimum atomic E-state index is -2.95. The van der Waals surface area contributed by atoms with Gasteiger partial charge in [0.1, 0.15) is 23.7 Å². The minimum absolute atomic E-state index is 0.0794. The summed E-state index contributed by atoms with van der Waals surface area (Å²) < 4.78 is 39.8. The third kappa shape index (κ3) is 6.32. The van der Waals surface area contributed by atoms with Crippen LogP contribution in [0.4, 0.5) is 19.3 Å². The Morgan fingerprint density at radius 2 is 1.97 bits per heavy atom. The standard InChI is InChI=1S/C22H23BrF2N4O4/c1-21(2,3)33-20(31)28-17-11-32-12-22(29-17,19(24)25)13-5-4-6-15(9-13)27-18(30)16-8-7-14(23)10-26-16/h4-10,19H,11-12H2,1-3H3,(H,27,30)(H,28,29,31). The van der Waals surface area contributed by atoms with E-state index in [9.17, 15) is 18.4 Å². The summed E-state index contributed by atoms with van der Waals surface area (Å²) >= 11 is 3.24. The average Bonchev–Trinajstić information content (AvgIpc) is 2.73. The summed E-state index contributed by atoms with van der Waals surface area (Å²) in [5, 5.41) is 5.02. The van der Waals surface area contributed by atoms with Gasteiger partial charge in [0.15, 0.2) is 5.54 Å². The van der Waals surface area contributed by atoms with E-state index in [0.717, 1.165) is 0 Å². The quantitative estimate of drug-likeness (QED) is 0.612. The van der Waals surface area contributed by atoms with Gasteiger partial charge in [-0.1, -0.05) is 12.1 Å². The summed E-state index contributed by atoms with van der Waals surface area (Å²) in [5.41, 5.74) is -2.28. The van der Waals surface area contributed by atoms with E-state index in [1.807, 2.05) is 0 Å². The summed E-state index contributed by atoms with van der Waals surface area (Å²) in [5.74, 6) is -0.578. The molecule has 1 aromatic carbocycles. The van der Waals surface area contributed by atoms with Crippen molar-refractivity contribution in [2.24, 2.45) is 4.99 Å². The molecule has 0 saturated heterocycles. The van der Waals surface area contributed by atoms with Crippen LogP contribution < -0.4 is 10.6 Å². The number of ether oxygens (including phenoxy) is 2. The molecule has 1 aliphatic heterocycles. The number of hydrogen-bond donors (Lipinski definition) is 2. The molecule has 33 heavy (non-hydrogen) atoms. The second-order valence-electron chi connectivity index (χ2n) is 8.30. The second kappa shape index (κ2) is 9.92. The van der Waals surface area contributed by atoms with E-state index < -0.39 is 36.2 Å². The number of aromatic nitrogens is 1. The molecule has 1 unspecified atom stereocenters. The van der Waals surface area contributed by atoms with Crippen LogP contribution in [0.3, 0.4) is 0 Å². The Labute approximate surface area is 197 Å². The van der Waals surface area contributed by atoms with Gasteiger partial charge in [0, 0.05) is 16.4 Å². The molecule has 11 heteroatoms. The number of amides is 2. The fourth-order valence-electron chi connectivity index (χ4n) is 3.05. The number of hydrogen-bond acceptors (Lipinski definition) is 6. The average molecular weight is 525 g/mol. The number of alkyl carbamates (subject to hydrolysis) is 1. The Kier molecular flexibility index (Phi) is 7.43. The predicted octanol–water partition coefficient (Wildman–Crippen LogP) is 4.51. The van der Waals surface area contributed by atoms with Crippen molar-refractivity contribution < 1.29 is 27.8 Å². The molecule has 1 aromatic heterocycles. The lowest BCUT2D eigenvalue weighted by Gasteiger charge is -2.34. The van der Waals surface area contributed by atoms with Gasteiger partial charge in [-0.05, 0) is 66.5 Å². The fraction of sp³-hybridized carbons (Fsp3) is 0.364. The number of benzene rings is 1. The number of nitrogens with one attached hydrogen (secondary N) is 2. The zero-order valence-corrected chi connectivity index (χ0v) is 19.8. The summed E-state index contributed by atoms with van der Waals surface area (Å²) in [4.78, 5) is 32.7. The van der Waals surface area contributed by atoms with Gasteiger partial charge in [0.25, 0.3) is 12.3 Å². The monoisotopic (exact) mass is 524 g/mol. The first-order chi connectivity index (χ1) is 15.5. The SMILES string of the molecule is CC(C)(C)OC(=O)NC1=NC(c2cccc(NC(=O)c3ccc(Br)cn3)c2)(C(F)F)COC1. The number of nitrogens with zero attached hydrogens (tertiary/aromatic N) is 2. The van der Waals surface area contributed by atoms with Crippen molar-refractivity contribution in [2.45, 2.75) is 38.3 Å². The van der Waals surface area contributed by atoms with E-state index in [4.69, 9.17) is 9.47 Å². The third-order valence-corrected chi connectivity index (χ3v) is 4.95. The van der Waals surface area contributed by atoms with Crippen molar-refractivity contribution in [3.63, 3.8) is 0 Å². The molecule has 0 radical (unpaired) electrons. The molecule has 0 bridgehead atoms. The van der Waals surface area contributed by atoms with E-state index in [1.54, 1.807) is 32.9 Å². The number of alkyl halides is 2. The summed E-state index contributed by atoms with van der Waals surface area (Å²) in [6, 6.07) is 9.13. The maximum Gasteiger partial charge on any atom is 0.413 e. The number of anilines is 1. The fourth-order valence-corrected chi connectivity index (χ4v) is 3.29. The van der Waals surface area contributed by atoms with Gasteiger partial charge in [-0.25, -0.2) is 23.6 Å². The largest absolute Gasteiger partial charge is 0.444 e. The minimum Gasteiger partial charge on any atom is -0.444 e. The lowest BCUT2D eigenvalue weighted by atomic mass is 9.90. The number of halogens is 3. The van der Waals surface area contributed by atoms with E-state index in [2.05, 4.69) is 36.5 Å². The number of aliphatic imine (C=N–C) groups is 1. The van der Waals surface area contributed by atoms with Gasteiger partial charge in [-0.3, -0.25) is 10.1 Å². The van der Waals surface area contributed by atoms with E-state index in [1.165, 1.54) is 30.5 Å². The van der Waals surface area contributed by atoms with E-state index >= 15 is 0 Å². The van der Waals surface area contributed by atoms with Crippen LogP contribution in [0.15, 0.2) is 52.1 Å². The van der Waals surface area contributed by atoms with Crippen LogP contribution in [-0.4, -0.2) is 48.1 Å². The molecule has 1 atom stereocenters. The molecule has 176 valence electrons. The lowest BCUT2D eigenvalue weighted by Crippen LogP contribution is -2.48. The third-order valence-electron chi connectivity index (χ3n) is 4.48. The number of carbonyl (C=O) groups is 2. The first-order valence-corrected chi connectivity index (χ1v) is 10.8. The zero-order valence-electron chi connectivity index (χ0n) is 18.2. The normalized spacial score (nSPS) is 18.5. The number of carbonyl (C=O) groups excluding carboxylic acids is 2. The summed E-state index contributed by atoms with van der Waals surface area (Å²) in [6.45, 7) is 4.48. The maximum atomic E-state index is 14.3. The molecule has 0 aliphatic carbocycles. The molecular weight excluding hydrogens is 502 g/mol. The molecule has 3 rings (SSSR count). The van der Waals surface area contributed by atoms with Crippen molar-refractivity contribution in [1.29, 1.82) is 0 Å². The second-order valence-corrected chi connectivity index (χ2v) is 9.22. The maximum absolute atomic E-state index is 14.3. The first-order valence-electron chi connectivity index (χ1n) is 9.96. The molecular formula is C22H23BrF2N4O4. The van der Waals surface area contributed by atoms with Gasteiger partial charge in [-0.15, -0.1) is 0 Å². The van der Waals surface area contributed by atoms with E-state index in [-0.39, 0.29) is 29.4 Å². The predicted molar refractivity (Wildman–Crippen MR) is 122 cm³/mol. The van der Waals surface area contributed by atoms with Gasteiger partial charge in [-0.2, -0.15) is 0 Å². The van der Waals surface area contributed by atoms with Gasteiger partial charge in [0.2, 0.25) is 0 Å². The van der Waals surface area contributed by atoms with Gasteiger partial charge < -0.3 is 14.8 Å². The highest BCUT2D eigenvalue weighted by Gasteiger charge is 2.45. The van der Waals surface area contributed by atoms with Crippen LogP contribution in [0.5, 0.6) is 0 Å². The summed E-state index contributed by atoms with van der Waals surface area (Å²) in [6.07, 6.45) is -2.30. The van der Waals surface area contributed by atoms with Crippen molar-refractivity contribution in [3.8, 4) is 0 Å². The Morgan fingerprint density at radius 3 is 2.61 bits per heavy atom. The van der Waals surface area contributed by atoms with Crippen molar-refractivity contribution >= 4 is 39.5 Å². The first kappa shape index (κ1) is 24.7. The van der Waals surface area contributed by atoms with Crippen molar-refractivity contribution in [1.82, 2.24) is 10.3 Å². The number of pyridine rings is 1. The Bertz CT molecular complexity index is 1060. The molecule has 0 spiro atoms. The number of amidine groups is 1. The molecule has 2 amide bonds. The highest BCUT2D eigenvalue weighted by atomic mass is 79.9. The van der Waals surface area contributed by atoms with Crippen LogP contribution in [0.1, 0.15) is 36.8 Å². The molecule has 8 nitrogen and oxygen atoms in total. The lowest BCUT2D eigenvalue weighted by molar-refractivity contribution is -0.0140. The topological polar surface area (TPSA) is 102 Å².